The number of nitrogens with zero attached hydrogens (tertiary/aromatic N) is 1. The third kappa shape index (κ3) is 2.58. The fraction of sp³-hybridized carbons (Fsp3) is 0.714. The summed E-state index contributed by atoms with van der Waals surface area (Å²) in [7, 11) is 0. The van der Waals surface area contributed by atoms with Crippen molar-refractivity contribution in [3.8, 4) is 0 Å². The standard InChI is InChI=1S/C14H21NO2S/c1-9-4-6-10(7-5-9)12-15-11(8-18-12)14(2,3)13(16)17/h8-10H,4-7H2,1-3H3,(H,16,17). The molecule has 1 aromatic heterocycles. The van der Waals surface area contributed by atoms with Crippen molar-refractivity contribution in [1.29, 1.82) is 0 Å². The van der Waals surface area contributed by atoms with E-state index in [-0.39, 0.29) is 0 Å². The largest absolute Gasteiger partial charge is 0.481 e. The minimum atomic E-state index is -0.878. The monoisotopic (exact) mass is 267 g/mol. The van der Waals surface area contributed by atoms with Gasteiger partial charge in [-0.15, -0.1) is 11.3 Å². The molecule has 1 saturated carbocycles. The number of carboxylic acids is 1. The van der Waals surface area contributed by atoms with E-state index in [1.807, 2.05) is 5.38 Å². The van der Waals surface area contributed by atoms with E-state index in [2.05, 4.69) is 11.9 Å². The Morgan fingerprint density at radius 2 is 2.00 bits per heavy atom. The molecule has 2 rings (SSSR count). The lowest BCUT2D eigenvalue weighted by Gasteiger charge is -2.24. The first kappa shape index (κ1) is 13.5. The molecular formula is C14H21NO2S. The maximum absolute atomic E-state index is 11.2. The Hall–Kier alpha value is -0.900. The first-order valence-electron chi connectivity index (χ1n) is 6.60. The van der Waals surface area contributed by atoms with Gasteiger partial charge in [0.1, 0.15) is 5.41 Å². The molecule has 0 atom stereocenters. The van der Waals surface area contributed by atoms with Crippen molar-refractivity contribution in [3.05, 3.63) is 16.1 Å². The molecule has 0 bridgehead atoms. The smallest absolute Gasteiger partial charge is 0.315 e. The fourth-order valence-corrected chi connectivity index (χ4v) is 3.54. The second-order valence-electron chi connectivity index (χ2n) is 5.96. The molecule has 0 aromatic carbocycles. The topological polar surface area (TPSA) is 50.2 Å². The molecule has 0 spiro atoms. The zero-order chi connectivity index (χ0) is 13.3. The summed E-state index contributed by atoms with van der Waals surface area (Å²) >= 11 is 1.63. The van der Waals surface area contributed by atoms with E-state index >= 15 is 0 Å². The Balaban J connectivity index is 2.13. The van der Waals surface area contributed by atoms with Crippen LogP contribution in [0, 0.1) is 5.92 Å². The lowest BCUT2D eigenvalue weighted by atomic mass is 9.83. The Bertz CT molecular complexity index is 431. The van der Waals surface area contributed by atoms with Gasteiger partial charge >= 0.3 is 5.97 Å². The van der Waals surface area contributed by atoms with Gasteiger partial charge in [0.2, 0.25) is 0 Å². The molecule has 100 valence electrons. The summed E-state index contributed by atoms with van der Waals surface area (Å²) in [5.74, 6) is 0.567. The minimum absolute atomic E-state index is 0.546. The number of hydrogen-bond acceptors (Lipinski definition) is 3. The van der Waals surface area contributed by atoms with Crippen LogP contribution >= 0.6 is 11.3 Å². The van der Waals surface area contributed by atoms with Gasteiger partial charge in [0.05, 0.1) is 10.7 Å². The maximum atomic E-state index is 11.2. The van der Waals surface area contributed by atoms with Crippen molar-refractivity contribution in [2.75, 3.05) is 0 Å². The average Bonchev–Trinajstić information content (AvgIpc) is 2.79. The van der Waals surface area contributed by atoms with Crippen LogP contribution in [0.5, 0.6) is 0 Å². The highest BCUT2D eigenvalue weighted by atomic mass is 32.1. The zero-order valence-electron chi connectivity index (χ0n) is 11.3. The molecule has 1 aliphatic rings. The molecule has 0 aliphatic heterocycles. The summed E-state index contributed by atoms with van der Waals surface area (Å²) in [5, 5.41) is 12.3. The number of rotatable bonds is 3. The molecule has 3 nitrogen and oxygen atoms in total. The van der Waals surface area contributed by atoms with Crippen LogP contribution in [0.4, 0.5) is 0 Å². The zero-order valence-corrected chi connectivity index (χ0v) is 12.1. The summed E-state index contributed by atoms with van der Waals surface area (Å²) in [6.45, 7) is 5.74. The van der Waals surface area contributed by atoms with Crippen LogP contribution in [-0.2, 0) is 10.2 Å². The Morgan fingerprint density at radius 3 is 2.56 bits per heavy atom. The van der Waals surface area contributed by atoms with Crippen molar-refractivity contribution >= 4 is 17.3 Å². The third-order valence-electron chi connectivity index (χ3n) is 4.06. The van der Waals surface area contributed by atoms with E-state index < -0.39 is 11.4 Å². The number of thiazole rings is 1. The van der Waals surface area contributed by atoms with Crippen LogP contribution in [0.1, 0.15) is 63.1 Å². The molecular weight excluding hydrogens is 246 g/mol. The van der Waals surface area contributed by atoms with Crippen molar-refractivity contribution in [2.24, 2.45) is 5.92 Å². The fourth-order valence-electron chi connectivity index (χ4n) is 2.38. The summed E-state index contributed by atoms with van der Waals surface area (Å²) in [6.07, 6.45) is 4.92. The van der Waals surface area contributed by atoms with Crippen LogP contribution < -0.4 is 0 Å². The van der Waals surface area contributed by atoms with Crippen molar-refractivity contribution in [1.82, 2.24) is 4.98 Å². The normalized spacial score (nSPS) is 25.1. The van der Waals surface area contributed by atoms with E-state index in [0.717, 1.165) is 10.9 Å². The maximum Gasteiger partial charge on any atom is 0.315 e. The summed E-state index contributed by atoms with van der Waals surface area (Å²) in [4.78, 5) is 15.8. The lowest BCUT2D eigenvalue weighted by molar-refractivity contribution is -0.142. The molecule has 1 fully saturated rings. The van der Waals surface area contributed by atoms with Gasteiger partial charge in [0.15, 0.2) is 0 Å². The molecule has 1 heterocycles. The van der Waals surface area contributed by atoms with Crippen molar-refractivity contribution in [2.45, 2.75) is 57.8 Å². The lowest BCUT2D eigenvalue weighted by Crippen LogP contribution is -2.29. The molecule has 18 heavy (non-hydrogen) atoms. The van der Waals surface area contributed by atoms with Gasteiger partial charge in [-0.3, -0.25) is 4.79 Å². The van der Waals surface area contributed by atoms with Gasteiger partial charge in [0.25, 0.3) is 0 Å². The number of aliphatic carboxylic acids is 1. The van der Waals surface area contributed by atoms with E-state index in [4.69, 9.17) is 0 Å². The van der Waals surface area contributed by atoms with Crippen LogP contribution in [0.25, 0.3) is 0 Å². The summed E-state index contributed by atoms with van der Waals surface area (Å²) in [5.41, 5.74) is -0.176. The van der Waals surface area contributed by atoms with Crippen LogP contribution in [0.3, 0.4) is 0 Å². The molecule has 1 N–H and O–H groups in total. The van der Waals surface area contributed by atoms with E-state index in [1.54, 1.807) is 25.2 Å². The van der Waals surface area contributed by atoms with Gasteiger partial charge in [-0.25, -0.2) is 4.98 Å². The highest BCUT2D eigenvalue weighted by Crippen LogP contribution is 2.38. The van der Waals surface area contributed by atoms with Gasteiger partial charge < -0.3 is 5.11 Å². The number of carbonyl (C=O) groups is 1. The molecule has 0 saturated heterocycles. The predicted molar refractivity (Wildman–Crippen MR) is 73.1 cm³/mol. The third-order valence-corrected chi connectivity index (χ3v) is 5.07. The SMILES string of the molecule is CC1CCC(c2nc(C(C)(C)C(=O)O)cs2)CC1. The van der Waals surface area contributed by atoms with Crippen LogP contribution in [-0.4, -0.2) is 16.1 Å². The van der Waals surface area contributed by atoms with Gasteiger partial charge in [-0.2, -0.15) is 0 Å². The predicted octanol–water partition coefficient (Wildman–Crippen LogP) is 3.80. The second-order valence-corrected chi connectivity index (χ2v) is 6.85. The van der Waals surface area contributed by atoms with E-state index in [0.29, 0.717) is 11.6 Å². The number of carboxylic acid groups (broad SMARTS) is 1. The minimum Gasteiger partial charge on any atom is -0.481 e. The summed E-state index contributed by atoms with van der Waals surface area (Å²) in [6, 6.07) is 0. The first-order valence-corrected chi connectivity index (χ1v) is 7.48. The van der Waals surface area contributed by atoms with Gasteiger partial charge in [-0.1, -0.05) is 19.8 Å². The van der Waals surface area contributed by atoms with E-state index in [1.165, 1.54) is 25.7 Å². The Morgan fingerprint density at radius 1 is 1.39 bits per heavy atom. The Labute approximate surface area is 112 Å². The van der Waals surface area contributed by atoms with Crippen LogP contribution in [0.2, 0.25) is 0 Å². The van der Waals surface area contributed by atoms with Crippen molar-refractivity contribution < 1.29 is 9.90 Å². The average molecular weight is 267 g/mol. The molecule has 1 aromatic rings. The summed E-state index contributed by atoms with van der Waals surface area (Å²) < 4.78 is 0. The van der Waals surface area contributed by atoms with E-state index in [9.17, 15) is 9.90 Å². The highest BCUT2D eigenvalue weighted by Gasteiger charge is 2.33. The molecule has 0 amide bonds. The Kier molecular flexibility index (Phi) is 3.76. The molecule has 0 radical (unpaired) electrons. The molecule has 1 aliphatic carbocycles. The number of aromatic nitrogens is 1. The first-order chi connectivity index (χ1) is 8.41. The highest BCUT2D eigenvalue weighted by molar-refractivity contribution is 7.09. The van der Waals surface area contributed by atoms with Gasteiger partial charge in [0, 0.05) is 11.3 Å². The van der Waals surface area contributed by atoms with Crippen LogP contribution in [0.15, 0.2) is 5.38 Å². The van der Waals surface area contributed by atoms with Gasteiger partial charge in [-0.05, 0) is 32.6 Å². The molecule has 4 heteroatoms. The molecule has 0 unspecified atom stereocenters. The number of hydrogen-bond donors (Lipinski definition) is 1. The van der Waals surface area contributed by atoms with Crippen molar-refractivity contribution in [3.63, 3.8) is 0 Å². The quantitative estimate of drug-likeness (QED) is 0.906. The second kappa shape index (κ2) is 5.00.